The van der Waals surface area contributed by atoms with Crippen molar-refractivity contribution in [3.05, 3.63) is 65.4 Å². The SMILES string of the molecule is CCOc1cc(C=C(NC(C)=O)C(=O)O)ccc1OCc1ccccc1. The summed E-state index contributed by atoms with van der Waals surface area (Å²) in [6, 6.07) is 14.8. The Labute approximate surface area is 152 Å². The Balaban J connectivity index is 2.24. The van der Waals surface area contributed by atoms with Gasteiger partial charge in [-0.1, -0.05) is 36.4 Å². The lowest BCUT2D eigenvalue weighted by Gasteiger charge is -2.13. The molecule has 0 heterocycles. The van der Waals surface area contributed by atoms with E-state index in [1.807, 2.05) is 37.3 Å². The Morgan fingerprint density at radius 3 is 2.42 bits per heavy atom. The first-order chi connectivity index (χ1) is 12.5. The standard InChI is InChI=1S/C20H21NO5/c1-3-25-19-12-16(11-17(20(23)24)21-14(2)22)9-10-18(19)26-13-15-7-5-4-6-8-15/h4-12H,3,13H2,1-2H3,(H,21,22)(H,23,24). The topological polar surface area (TPSA) is 84.9 Å². The third-order valence-electron chi connectivity index (χ3n) is 3.36. The number of rotatable bonds is 8. The summed E-state index contributed by atoms with van der Waals surface area (Å²) in [5.41, 5.74) is 1.39. The van der Waals surface area contributed by atoms with Crippen molar-refractivity contribution in [2.45, 2.75) is 20.5 Å². The number of hydrogen-bond donors (Lipinski definition) is 2. The van der Waals surface area contributed by atoms with Gasteiger partial charge in [0, 0.05) is 6.92 Å². The molecule has 6 heteroatoms. The summed E-state index contributed by atoms with van der Waals surface area (Å²) < 4.78 is 11.4. The van der Waals surface area contributed by atoms with E-state index >= 15 is 0 Å². The van der Waals surface area contributed by atoms with Crippen LogP contribution in [0, 0.1) is 0 Å². The van der Waals surface area contributed by atoms with E-state index in [9.17, 15) is 14.7 Å². The van der Waals surface area contributed by atoms with Crippen LogP contribution in [0.1, 0.15) is 25.0 Å². The van der Waals surface area contributed by atoms with Crippen LogP contribution in [0.15, 0.2) is 54.2 Å². The van der Waals surface area contributed by atoms with Crippen LogP contribution < -0.4 is 14.8 Å². The molecule has 0 radical (unpaired) electrons. The molecule has 26 heavy (non-hydrogen) atoms. The van der Waals surface area contributed by atoms with Crippen LogP contribution in [0.5, 0.6) is 11.5 Å². The van der Waals surface area contributed by atoms with Crippen LogP contribution in [0.3, 0.4) is 0 Å². The van der Waals surface area contributed by atoms with Crippen molar-refractivity contribution in [3.63, 3.8) is 0 Å². The number of aliphatic carboxylic acids is 1. The first kappa shape index (κ1) is 19.1. The summed E-state index contributed by atoms with van der Waals surface area (Å²) in [7, 11) is 0. The molecule has 0 atom stereocenters. The zero-order chi connectivity index (χ0) is 18.9. The lowest BCUT2D eigenvalue weighted by atomic mass is 10.1. The second-order valence-corrected chi connectivity index (χ2v) is 5.46. The predicted molar refractivity (Wildman–Crippen MR) is 97.8 cm³/mol. The molecule has 0 aliphatic rings. The molecule has 0 aromatic heterocycles. The minimum Gasteiger partial charge on any atom is -0.490 e. The molecular weight excluding hydrogens is 334 g/mol. The molecule has 0 unspecified atom stereocenters. The maximum atomic E-state index is 11.2. The Morgan fingerprint density at radius 2 is 1.81 bits per heavy atom. The van der Waals surface area contributed by atoms with E-state index in [-0.39, 0.29) is 5.70 Å². The van der Waals surface area contributed by atoms with Crippen LogP contribution in [-0.2, 0) is 16.2 Å². The number of hydrogen-bond acceptors (Lipinski definition) is 4. The van der Waals surface area contributed by atoms with Gasteiger partial charge in [0.25, 0.3) is 0 Å². The predicted octanol–water partition coefficient (Wildman–Crippen LogP) is 3.23. The quantitative estimate of drug-likeness (QED) is 0.710. The number of benzene rings is 2. The average Bonchev–Trinajstić information content (AvgIpc) is 2.61. The minimum atomic E-state index is -1.22. The van der Waals surface area contributed by atoms with Gasteiger partial charge in [0.2, 0.25) is 5.91 Å². The lowest BCUT2D eigenvalue weighted by molar-refractivity contribution is -0.134. The molecule has 0 fully saturated rings. The highest BCUT2D eigenvalue weighted by molar-refractivity contribution is 5.96. The summed E-state index contributed by atoms with van der Waals surface area (Å²) >= 11 is 0. The number of ether oxygens (including phenoxy) is 2. The van der Waals surface area contributed by atoms with E-state index in [1.165, 1.54) is 13.0 Å². The van der Waals surface area contributed by atoms with Crippen molar-refractivity contribution in [2.24, 2.45) is 0 Å². The van der Waals surface area contributed by atoms with E-state index in [1.54, 1.807) is 18.2 Å². The van der Waals surface area contributed by atoms with Gasteiger partial charge in [-0.3, -0.25) is 4.79 Å². The van der Waals surface area contributed by atoms with E-state index < -0.39 is 11.9 Å². The van der Waals surface area contributed by atoms with E-state index in [0.717, 1.165) is 5.56 Å². The molecule has 0 saturated heterocycles. The summed E-state index contributed by atoms with van der Waals surface area (Å²) in [6.45, 7) is 3.93. The maximum Gasteiger partial charge on any atom is 0.352 e. The Bertz CT molecular complexity index is 799. The molecule has 2 rings (SSSR count). The van der Waals surface area contributed by atoms with Crippen molar-refractivity contribution >= 4 is 18.0 Å². The zero-order valence-corrected chi connectivity index (χ0v) is 14.7. The van der Waals surface area contributed by atoms with E-state index in [2.05, 4.69) is 5.32 Å². The van der Waals surface area contributed by atoms with Crippen molar-refractivity contribution in [1.29, 1.82) is 0 Å². The lowest BCUT2D eigenvalue weighted by Crippen LogP contribution is -2.24. The van der Waals surface area contributed by atoms with Crippen LogP contribution in [0.25, 0.3) is 6.08 Å². The van der Waals surface area contributed by atoms with Crippen LogP contribution >= 0.6 is 0 Å². The maximum absolute atomic E-state index is 11.2. The molecule has 6 nitrogen and oxygen atoms in total. The summed E-state index contributed by atoms with van der Waals surface area (Å²) in [4.78, 5) is 22.4. The molecule has 136 valence electrons. The molecule has 1 amide bonds. The normalized spacial score (nSPS) is 10.9. The second-order valence-electron chi connectivity index (χ2n) is 5.46. The van der Waals surface area contributed by atoms with Gasteiger partial charge in [0.05, 0.1) is 6.61 Å². The molecular formula is C20H21NO5. The van der Waals surface area contributed by atoms with E-state index in [0.29, 0.717) is 30.3 Å². The van der Waals surface area contributed by atoms with E-state index in [4.69, 9.17) is 9.47 Å². The second kappa shape index (κ2) is 9.27. The van der Waals surface area contributed by atoms with Gasteiger partial charge in [-0.2, -0.15) is 0 Å². The highest BCUT2D eigenvalue weighted by Crippen LogP contribution is 2.30. The van der Waals surface area contributed by atoms with Crippen molar-refractivity contribution < 1.29 is 24.2 Å². The number of nitrogens with one attached hydrogen (secondary N) is 1. The molecule has 0 aliphatic heterocycles. The highest BCUT2D eigenvalue weighted by atomic mass is 16.5. The highest BCUT2D eigenvalue weighted by Gasteiger charge is 2.11. The van der Waals surface area contributed by atoms with Gasteiger partial charge in [-0.15, -0.1) is 0 Å². The van der Waals surface area contributed by atoms with Gasteiger partial charge in [0.15, 0.2) is 11.5 Å². The van der Waals surface area contributed by atoms with Crippen LogP contribution in [0.2, 0.25) is 0 Å². The van der Waals surface area contributed by atoms with Crippen molar-refractivity contribution in [2.75, 3.05) is 6.61 Å². The van der Waals surface area contributed by atoms with Crippen LogP contribution in [0.4, 0.5) is 0 Å². The monoisotopic (exact) mass is 355 g/mol. The van der Waals surface area contributed by atoms with Crippen molar-refractivity contribution in [3.8, 4) is 11.5 Å². The van der Waals surface area contributed by atoms with Gasteiger partial charge in [-0.05, 0) is 36.3 Å². The first-order valence-corrected chi connectivity index (χ1v) is 8.15. The molecule has 2 N–H and O–H groups in total. The molecule has 0 bridgehead atoms. The fraction of sp³-hybridized carbons (Fsp3) is 0.200. The summed E-state index contributed by atoms with van der Waals surface area (Å²) in [6.07, 6.45) is 1.37. The Kier molecular flexibility index (Phi) is 6.79. The number of carboxylic acids is 1. The number of carbonyl (C=O) groups is 2. The summed E-state index contributed by atoms with van der Waals surface area (Å²) in [5, 5.41) is 11.5. The fourth-order valence-electron chi connectivity index (χ4n) is 2.24. The third-order valence-corrected chi connectivity index (χ3v) is 3.36. The largest absolute Gasteiger partial charge is 0.490 e. The molecule has 0 spiro atoms. The average molecular weight is 355 g/mol. The van der Waals surface area contributed by atoms with Crippen LogP contribution in [-0.4, -0.2) is 23.6 Å². The van der Waals surface area contributed by atoms with Gasteiger partial charge in [-0.25, -0.2) is 4.79 Å². The molecule has 0 saturated carbocycles. The number of amides is 1. The number of carboxylic acid groups (broad SMARTS) is 1. The minimum absolute atomic E-state index is 0.210. The zero-order valence-electron chi connectivity index (χ0n) is 14.7. The smallest absolute Gasteiger partial charge is 0.352 e. The fourth-order valence-corrected chi connectivity index (χ4v) is 2.24. The third kappa shape index (κ3) is 5.66. The Morgan fingerprint density at radius 1 is 1.08 bits per heavy atom. The van der Waals surface area contributed by atoms with Gasteiger partial charge >= 0.3 is 5.97 Å². The number of carbonyl (C=O) groups excluding carboxylic acids is 1. The molecule has 0 aliphatic carbocycles. The summed E-state index contributed by atoms with van der Waals surface area (Å²) in [5.74, 6) is -0.608. The molecule has 2 aromatic rings. The van der Waals surface area contributed by atoms with Crippen molar-refractivity contribution in [1.82, 2.24) is 5.32 Å². The first-order valence-electron chi connectivity index (χ1n) is 8.15. The van der Waals surface area contributed by atoms with Gasteiger partial charge in [0.1, 0.15) is 12.3 Å². The Hall–Kier alpha value is -3.28. The molecule has 2 aromatic carbocycles. The van der Waals surface area contributed by atoms with Gasteiger partial charge < -0.3 is 19.9 Å².